The normalized spacial score (nSPS) is 22.9. The number of aromatic amines is 1. The van der Waals surface area contributed by atoms with Crippen molar-refractivity contribution in [2.45, 2.75) is 31.5 Å². The van der Waals surface area contributed by atoms with Gasteiger partial charge in [-0.25, -0.2) is 10.9 Å². The lowest BCUT2D eigenvalue weighted by molar-refractivity contribution is -0.523. The Morgan fingerprint density at radius 2 is 2.20 bits per heavy atom. The van der Waals surface area contributed by atoms with Crippen LogP contribution in [0.5, 0.6) is 5.75 Å². The second-order valence-electron chi connectivity index (χ2n) is 6.10. The average molecular weight is 347 g/mol. The largest absolute Gasteiger partial charge is 0.497 e. The number of nitrogens with one attached hydrogen (secondary N) is 4. The summed E-state index contributed by atoms with van der Waals surface area (Å²) in [6.07, 6.45) is 2.51. The number of nitrogens with zero attached hydrogens (tertiary/aromatic N) is 1. The van der Waals surface area contributed by atoms with Crippen molar-refractivity contribution in [3.8, 4) is 5.75 Å². The summed E-state index contributed by atoms with van der Waals surface area (Å²) in [5.41, 5.74) is 7.49. The highest BCUT2D eigenvalue weighted by molar-refractivity contribution is 5.85. The molecule has 3 rings (SSSR count). The fraction of sp³-hybridized carbons (Fsp3) is 0.438. The zero-order valence-corrected chi connectivity index (χ0v) is 14.0. The monoisotopic (exact) mass is 347 g/mol. The van der Waals surface area contributed by atoms with E-state index in [9.17, 15) is 14.9 Å². The van der Waals surface area contributed by atoms with Gasteiger partial charge < -0.3 is 15.0 Å². The number of fused-ring (bicyclic) bond motifs is 1. The molecule has 1 fully saturated rings. The smallest absolute Gasteiger partial charge is 0.254 e. The molecule has 0 bridgehead atoms. The summed E-state index contributed by atoms with van der Waals surface area (Å²) in [4.78, 5) is 26.1. The van der Waals surface area contributed by atoms with E-state index in [0.29, 0.717) is 13.0 Å². The van der Waals surface area contributed by atoms with Gasteiger partial charge in [-0.15, -0.1) is 0 Å². The summed E-state index contributed by atoms with van der Waals surface area (Å²) in [6.45, 7) is 2.06. The molecule has 134 valence electrons. The van der Waals surface area contributed by atoms with Crippen LogP contribution in [0.1, 0.15) is 12.5 Å². The number of hydrogen-bond donors (Lipinski definition) is 4. The highest BCUT2D eigenvalue weighted by atomic mass is 16.6. The van der Waals surface area contributed by atoms with Crippen molar-refractivity contribution in [2.24, 2.45) is 0 Å². The first-order valence-electron chi connectivity index (χ1n) is 8.07. The van der Waals surface area contributed by atoms with Crippen LogP contribution in [0.3, 0.4) is 0 Å². The van der Waals surface area contributed by atoms with Gasteiger partial charge >= 0.3 is 0 Å². The van der Waals surface area contributed by atoms with Gasteiger partial charge in [0.25, 0.3) is 6.04 Å². The third kappa shape index (κ3) is 3.42. The molecule has 0 radical (unpaired) electrons. The molecule has 0 saturated carbocycles. The van der Waals surface area contributed by atoms with Crippen LogP contribution in [0, 0.1) is 10.1 Å². The first-order chi connectivity index (χ1) is 12.0. The van der Waals surface area contributed by atoms with Crippen LogP contribution in [-0.2, 0) is 11.2 Å². The third-order valence-electron chi connectivity index (χ3n) is 4.51. The van der Waals surface area contributed by atoms with Crippen LogP contribution in [0.15, 0.2) is 24.4 Å². The first kappa shape index (κ1) is 17.2. The van der Waals surface area contributed by atoms with Crippen LogP contribution in [0.25, 0.3) is 10.9 Å². The highest BCUT2D eigenvalue weighted by Crippen LogP contribution is 2.23. The Balaban J connectivity index is 1.61. The minimum absolute atomic E-state index is 0.379. The van der Waals surface area contributed by atoms with E-state index in [0.717, 1.165) is 22.2 Å². The summed E-state index contributed by atoms with van der Waals surface area (Å²) in [6, 6.07) is 3.48. The minimum Gasteiger partial charge on any atom is -0.497 e. The molecule has 9 heteroatoms. The molecular weight excluding hydrogens is 326 g/mol. The molecular formula is C16H21N5O4. The van der Waals surface area contributed by atoms with Crippen LogP contribution in [-0.4, -0.2) is 47.6 Å². The predicted octanol–water partition coefficient (Wildman–Crippen LogP) is 0.345. The van der Waals surface area contributed by atoms with Gasteiger partial charge in [-0.1, -0.05) is 0 Å². The fourth-order valence-electron chi connectivity index (χ4n) is 3.13. The van der Waals surface area contributed by atoms with E-state index in [-0.39, 0.29) is 5.91 Å². The molecule has 2 heterocycles. The van der Waals surface area contributed by atoms with Crippen molar-refractivity contribution in [1.29, 1.82) is 0 Å². The van der Waals surface area contributed by atoms with Crippen LogP contribution in [0.2, 0.25) is 0 Å². The maximum Gasteiger partial charge on any atom is 0.254 e. The number of carbonyl (C=O) groups excluding carboxylic acids is 1. The molecule has 0 spiro atoms. The summed E-state index contributed by atoms with van der Waals surface area (Å²) in [7, 11) is 1.61. The maximum absolute atomic E-state index is 12.3. The Hall–Kier alpha value is -2.65. The summed E-state index contributed by atoms with van der Waals surface area (Å²) in [5.74, 6) is 0.386. The van der Waals surface area contributed by atoms with Crippen molar-refractivity contribution >= 4 is 16.8 Å². The van der Waals surface area contributed by atoms with Crippen molar-refractivity contribution in [1.82, 2.24) is 21.2 Å². The Bertz CT molecular complexity index is 790. The number of rotatable bonds is 6. The Morgan fingerprint density at radius 1 is 1.40 bits per heavy atom. The van der Waals surface area contributed by atoms with Gasteiger partial charge in [0.05, 0.1) is 13.2 Å². The number of benzene rings is 1. The molecule has 1 aromatic heterocycles. The molecule has 1 amide bonds. The van der Waals surface area contributed by atoms with E-state index >= 15 is 0 Å². The number of carbonyl (C=O) groups is 1. The molecule has 3 unspecified atom stereocenters. The van der Waals surface area contributed by atoms with E-state index in [1.165, 1.54) is 0 Å². The number of nitro groups is 1. The number of aromatic nitrogens is 1. The van der Waals surface area contributed by atoms with Gasteiger partial charge in [-0.05, 0) is 37.1 Å². The standard InChI is InChI=1S/C16H21N5O4/c1-9-15(21(23)24)14(20-19-9)16(22)17-6-5-10-8-18-13-4-3-11(25-2)7-12(10)13/h3-4,7-9,14-15,18-20H,5-6H2,1-2H3,(H,17,22). The van der Waals surface area contributed by atoms with Crippen molar-refractivity contribution in [2.75, 3.05) is 13.7 Å². The van der Waals surface area contributed by atoms with E-state index < -0.39 is 23.0 Å². The zero-order valence-electron chi connectivity index (χ0n) is 14.0. The maximum atomic E-state index is 12.3. The van der Waals surface area contributed by atoms with E-state index in [1.807, 2.05) is 24.4 Å². The first-order valence-corrected chi connectivity index (χ1v) is 8.07. The number of H-pyrrole nitrogens is 1. The molecule has 1 aromatic carbocycles. The lowest BCUT2D eigenvalue weighted by Crippen LogP contribution is -2.50. The molecule has 1 aliphatic heterocycles. The van der Waals surface area contributed by atoms with Crippen molar-refractivity contribution in [3.05, 3.63) is 40.1 Å². The van der Waals surface area contributed by atoms with E-state index in [2.05, 4.69) is 21.2 Å². The number of methoxy groups -OCH3 is 1. The van der Waals surface area contributed by atoms with E-state index in [1.54, 1.807) is 14.0 Å². The summed E-state index contributed by atoms with van der Waals surface area (Å²) in [5, 5.41) is 14.9. The average Bonchev–Trinajstić information content (AvgIpc) is 3.18. The quantitative estimate of drug-likeness (QED) is 0.442. The Morgan fingerprint density at radius 3 is 2.92 bits per heavy atom. The lowest BCUT2D eigenvalue weighted by atomic mass is 10.0. The Kier molecular flexibility index (Phi) is 4.86. The SMILES string of the molecule is COc1ccc2[nH]cc(CCNC(=O)C3NNC(C)C3[N+](=O)[O-])c2c1. The minimum atomic E-state index is -0.989. The van der Waals surface area contributed by atoms with E-state index in [4.69, 9.17) is 4.74 Å². The number of hydrazine groups is 1. The summed E-state index contributed by atoms with van der Waals surface area (Å²) < 4.78 is 5.24. The molecule has 1 saturated heterocycles. The molecule has 0 aliphatic carbocycles. The molecule has 25 heavy (non-hydrogen) atoms. The van der Waals surface area contributed by atoms with Gasteiger partial charge in [-0.3, -0.25) is 14.9 Å². The molecule has 9 nitrogen and oxygen atoms in total. The highest BCUT2D eigenvalue weighted by Gasteiger charge is 2.46. The van der Waals surface area contributed by atoms with Gasteiger partial charge in [-0.2, -0.15) is 0 Å². The van der Waals surface area contributed by atoms with Crippen LogP contribution < -0.4 is 20.9 Å². The van der Waals surface area contributed by atoms with Crippen LogP contribution >= 0.6 is 0 Å². The lowest BCUT2D eigenvalue weighted by Gasteiger charge is -2.13. The molecule has 4 N–H and O–H groups in total. The van der Waals surface area contributed by atoms with Gasteiger partial charge in [0.15, 0.2) is 6.04 Å². The van der Waals surface area contributed by atoms with Crippen LogP contribution in [0.4, 0.5) is 0 Å². The molecule has 1 aliphatic rings. The second-order valence-corrected chi connectivity index (χ2v) is 6.10. The fourth-order valence-corrected chi connectivity index (χ4v) is 3.13. The number of hydrogen-bond acceptors (Lipinski definition) is 6. The molecule has 3 atom stereocenters. The third-order valence-corrected chi connectivity index (χ3v) is 4.51. The van der Waals surface area contributed by atoms with Crippen molar-refractivity contribution < 1.29 is 14.5 Å². The van der Waals surface area contributed by atoms with Gasteiger partial charge in [0.2, 0.25) is 5.91 Å². The Labute approximate surface area is 144 Å². The predicted molar refractivity (Wildman–Crippen MR) is 91.9 cm³/mol. The molecule has 2 aromatic rings. The number of amides is 1. The van der Waals surface area contributed by atoms with Crippen molar-refractivity contribution in [3.63, 3.8) is 0 Å². The number of ether oxygens (including phenoxy) is 1. The van der Waals surface area contributed by atoms with Gasteiger partial charge in [0, 0.05) is 28.6 Å². The topological polar surface area (TPSA) is 121 Å². The summed E-state index contributed by atoms with van der Waals surface area (Å²) >= 11 is 0. The van der Waals surface area contributed by atoms with Gasteiger partial charge in [0.1, 0.15) is 5.75 Å². The second kappa shape index (κ2) is 7.08. The zero-order chi connectivity index (χ0) is 18.0.